The Morgan fingerprint density at radius 1 is 0.800 bits per heavy atom. The molecule has 0 saturated heterocycles. The number of carbonyl (C=O) groups excluding carboxylic acids is 3. The third-order valence-corrected chi connectivity index (χ3v) is 4.32. The lowest BCUT2D eigenvalue weighted by Gasteiger charge is -2.13. The molecule has 1 atom stereocenters. The maximum absolute atomic E-state index is 12.9. The molecule has 3 aromatic carbocycles. The highest BCUT2D eigenvalue weighted by molar-refractivity contribution is 6.09. The second kappa shape index (κ2) is 9.60. The Balaban J connectivity index is 1.51. The molecule has 0 aromatic heterocycles. The highest BCUT2D eigenvalue weighted by Crippen LogP contribution is 2.16. The number of carbonyl (C=O) groups is 3. The van der Waals surface area contributed by atoms with Crippen LogP contribution in [0.2, 0.25) is 0 Å². The van der Waals surface area contributed by atoms with Gasteiger partial charge in [-0.25, -0.2) is 9.18 Å². The summed E-state index contributed by atoms with van der Waals surface area (Å²) in [6.45, 7) is 1.04. The Labute approximate surface area is 173 Å². The van der Waals surface area contributed by atoms with Gasteiger partial charge in [0.25, 0.3) is 0 Å². The largest absolute Gasteiger partial charge is 0.482 e. The lowest BCUT2D eigenvalue weighted by Crippen LogP contribution is -2.27. The molecule has 0 amide bonds. The molecule has 152 valence electrons. The van der Waals surface area contributed by atoms with Crippen molar-refractivity contribution in [2.24, 2.45) is 0 Å². The zero-order valence-corrected chi connectivity index (χ0v) is 16.2. The molecule has 3 aromatic rings. The van der Waals surface area contributed by atoms with Crippen LogP contribution in [-0.4, -0.2) is 30.2 Å². The van der Waals surface area contributed by atoms with E-state index in [4.69, 9.17) is 9.47 Å². The van der Waals surface area contributed by atoms with Crippen LogP contribution < -0.4 is 4.74 Å². The van der Waals surface area contributed by atoms with E-state index in [-0.39, 0.29) is 11.3 Å². The first-order valence-electron chi connectivity index (χ1n) is 9.26. The summed E-state index contributed by atoms with van der Waals surface area (Å²) in [5.41, 5.74) is 1.32. The number of hydrogen-bond donors (Lipinski definition) is 0. The second-order valence-electron chi connectivity index (χ2n) is 6.51. The van der Waals surface area contributed by atoms with Crippen molar-refractivity contribution < 1.29 is 28.2 Å². The molecule has 0 aliphatic carbocycles. The summed E-state index contributed by atoms with van der Waals surface area (Å²) in [6.07, 6.45) is -1.03. The van der Waals surface area contributed by atoms with Crippen molar-refractivity contribution in [3.05, 3.63) is 101 Å². The van der Waals surface area contributed by atoms with Gasteiger partial charge in [0.05, 0.1) is 0 Å². The van der Waals surface area contributed by atoms with E-state index in [1.165, 1.54) is 19.1 Å². The highest BCUT2D eigenvalue weighted by atomic mass is 19.1. The highest BCUT2D eigenvalue weighted by Gasteiger charge is 2.20. The first-order valence-corrected chi connectivity index (χ1v) is 9.26. The van der Waals surface area contributed by atoms with E-state index in [1.807, 2.05) is 6.07 Å². The van der Waals surface area contributed by atoms with Crippen molar-refractivity contribution in [2.75, 3.05) is 6.61 Å². The number of benzene rings is 3. The van der Waals surface area contributed by atoms with E-state index in [0.717, 1.165) is 12.1 Å². The number of Topliss-reactive ketones (excluding diaryl/α,β-unsaturated/α-hetero) is 1. The minimum absolute atomic E-state index is 0.116. The van der Waals surface area contributed by atoms with Crippen molar-refractivity contribution in [2.45, 2.75) is 13.0 Å². The van der Waals surface area contributed by atoms with Crippen LogP contribution in [-0.2, 0) is 9.53 Å². The first kappa shape index (κ1) is 20.9. The molecule has 0 aliphatic rings. The Morgan fingerprint density at radius 3 is 2.00 bits per heavy atom. The first-order chi connectivity index (χ1) is 14.4. The molecule has 6 heteroatoms. The average Bonchev–Trinajstić information content (AvgIpc) is 2.78. The van der Waals surface area contributed by atoms with Crippen LogP contribution in [0.3, 0.4) is 0 Å². The van der Waals surface area contributed by atoms with Crippen LogP contribution in [0.5, 0.6) is 5.75 Å². The van der Waals surface area contributed by atoms with E-state index in [1.54, 1.807) is 48.5 Å². The quantitative estimate of drug-likeness (QED) is 0.413. The van der Waals surface area contributed by atoms with Gasteiger partial charge in [-0.15, -0.1) is 0 Å². The Bertz CT molecular complexity index is 1030. The van der Waals surface area contributed by atoms with Gasteiger partial charge < -0.3 is 9.47 Å². The van der Waals surface area contributed by atoms with Crippen molar-refractivity contribution in [3.8, 4) is 5.75 Å². The monoisotopic (exact) mass is 406 g/mol. The molecule has 0 heterocycles. The summed E-state index contributed by atoms with van der Waals surface area (Å²) >= 11 is 0. The molecule has 0 N–H and O–H groups in total. The van der Waals surface area contributed by atoms with E-state index < -0.39 is 30.3 Å². The molecule has 0 bridgehead atoms. The average molecular weight is 406 g/mol. The summed E-state index contributed by atoms with van der Waals surface area (Å²) in [4.78, 5) is 36.6. The number of halogens is 1. The van der Waals surface area contributed by atoms with Crippen LogP contribution in [0.4, 0.5) is 4.39 Å². The summed E-state index contributed by atoms with van der Waals surface area (Å²) in [6, 6.07) is 20.2. The normalized spacial score (nSPS) is 11.4. The van der Waals surface area contributed by atoms with E-state index in [9.17, 15) is 18.8 Å². The number of rotatable bonds is 8. The summed E-state index contributed by atoms with van der Waals surface area (Å²) < 4.78 is 23.4. The fourth-order valence-electron chi connectivity index (χ4n) is 2.73. The van der Waals surface area contributed by atoms with Crippen molar-refractivity contribution in [1.29, 1.82) is 0 Å². The molecule has 0 aliphatic heterocycles. The third kappa shape index (κ3) is 5.38. The number of ketones is 2. The zero-order chi connectivity index (χ0) is 21.5. The Morgan fingerprint density at radius 2 is 1.37 bits per heavy atom. The third-order valence-electron chi connectivity index (χ3n) is 4.32. The molecule has 0 spiro atoms. The minimum atomic E-state index is -1.03. The minimum Gasteiger partial charge on any atom is -0.482 e. The van der Waals surface area contributed by atoms with Crippen LogP contribution >= 0.6 is 0 Å². The summed E-state index contributed by atoms with van der Waals surface area (Å²) in [7, 11) is 0. The number of esters is 1. The van der Waals surface area contributed by atoms with Gasteiger partial charge in [-0.3, -0.25) is 9.59 Å². The van der Waals surface area contributed by atoms with Gasteiger partial charge in [0.2, 0.25) is 5.78 Å². The molecule has 0 radical (unpaired) electrons. The molecular weight excluding hydrogens is 387 g/mol. The zero-order valence-electron chi connectivity index (χ0n) is 16.2. The van der Waals surface area contributed by atoms with Gasteiger partial charge in [0, 0.05) is 16.7 Å². The van der Waals surface area contributed by atoms with Crippen LogP contribution in [0, 0.1) is 5.82 Å². The predicted octanol–water partition coefficient (Wildman–Crippen LogP) is 4.25. The fraction of sp³-hybridized carbons (Fsp3) is 0.125. The van der Waals surface area contributed by atoms with E-state index in [2.05, 4.69) is 0 Å². The fourth-order valence-corrected chi connectivity index (χ4v) is 2.73. The second-order valence-corrected chi connectivity index (χ2v) is 6.51. The molecule has 3 rings (SSSR count). The molecule has 5 nitrogen and oxygen atoms in total. The lowest BCUT2D eigenvalue weighted by atomic mass is 10.0. The maximum atomic E-state index is 12.9. The van der Waals surface area contributed by atoms with Crippen LogP contribution in [0.25, 0.3) is 0 Å². The van der Waals surface area contributed by atoms with Crippen molar-refractivity contribution in [1.82, 2.24) is 0 Å². The van der Waals surface area contributed by atoms with E-state index in [0.29, 0.717) is 16.9 Å². The van der Waals surface area contributed by atoms with Crippen molar-refractivity contribution >= 4 is 17.5 Å². The molecule has 0 saturated carbocycles. The molecule has 0 unspecified atom stereocenters. The summed E-state index contributed by atoms with van der Waals surface area (Å²) in [5, 5.41) is 0. The number of hydrogen-bond acceptors (Lipinski definition) is 5. The van der Waals surface area contributed by atoms with Gasteiger partial charge in [-0.2, -0.15) is 0 Å². The number of ether oxygens (including phenoxy) is 2. The Hall–Kier alpha value is -3.80. The van der Waals surface area contributed by atoms with Crippen LogP contribution in [0.1, 0.15) is 33.2 Å². The SMILES string of the molecule is C[C@@H](OC(=O)COc1ccc(C(=O)c2ccccc2)cc1)C(=O)c1ccc(F)cc1. The van der Waals surface area contributed by atoms with Crippen molar-refractivity contribution in [3.63, 3.8) is 0 Å². The predicted molar refractivity (Wildman–Crippen MR) is 108 cm³/mol. The van der Waals surface area contributed by atoms with Gasteiger partial charge in [0.15, 0.2) is 18.5 Å². The molecule has 0 fully saturated rings. The smallest absolute Gasteiger partial charge is 0.344 e. The standard InChI is InChI=1S/C24H19FO5/c1-16(23(27)18-7-11-20(25)12-8-18)30-22(26)15-29-21-13-9-19(10-14-21)24(28)17-5-3-2-4-6-17/h2-14,16H,15H2,1H3/t16-/m1/s1. The van der Waals surface area contributed by atoms with Crippen LogP contribution in [0.15, 0.2) is 78.9 Å². The molecule has 30 heavy (non-hydrogen) atoms. The van der Waals surface area contributed by atoms with Gasteiger partial charge in [-0.1, -0.05) is 30.3 Å². The lowest BCUT2D eigenvalue weighted by molar-refractivity contribution is -0.148. The maximum Gasteiger partial charge on any atom is 0.344 e. The van der Waals surface area contributed by atoms with E-state index >= 15 is 0 Å². The molecular formula is C24H19FO5. The van der Waals surface area contributed by atoms with Gasteiger partial charge in [-0.05, 0) is 55.5 Å². The summed E-state index contributed by atoms with van der Waals surface area (Å²) in [5.74, 6) is -1.35. The topological polar surface area (TPSA) is 69.7 Å². The van der Waals surface area contributed by atoms with Gasteiger partial charge >= 0.3 is 5.97 Å². The Kier molecular flexibility index (Phi) is 6.70. The van der Waals surface area contributed by atoms with Gasteiger partial charge in [0.1, 0.15) is 11.6 Å².